The first-order valence-corrected chi connectivity index (χ1v) is 16.2. The van der Waals surface area contributed by atoms with Gasteiger partial charge in [-0.05, 0) is 66.2 Å². The Hall–Kier alpha value is -1.36. The molecule has 0 radical (unpaired) electrons. The summed E-state index contributed by atoms with van der Waals surface area (Å²) < 4.78 is 42.7. The number of ether oxygens (including phenoxy) is 2. The number of nitrogens with one attached hydrogen (secondary N) is 1. The number of carbonyl (C=O) groups excluding carboxylic acids is 3. The van der Waals surface area contributed by atoms with Crippen molar-refractivity contribution in [2.75, 3.05) is 25.5 Å². The molecule has 0 aromatic rings. The van der Waals surface area contributed by atoms with Crippen molar-refractivity contribution in [1.82, 2.24) is 5.32 Å². The van der Waals surface area contributed by atoms with Crippen molar-refractivity contribution >= 4 is 27.6 Å². The average molecular weight is 592 g/mol. The van der Waals surface area contributed by atoms with E-state index in [9.17, 15) is 22.8 Å². The van der Waals surface area contributed by atoms with E-state index in [4.69, 9.17) is 14.0 Å². The maximum absolute atomic E-state index is 13.1. The van der Waals surface area contributed by atoms with Gasteiger partial charge >= 0.3 is 0 Å². The molecule has 0 aromatic carbocycles. The molecule has 236 valence electrons. The number of rotatable bonds is 20. The van der Waals surface area contributed by atoms with Crippen LogP contribution in [0, 0.1) is 16.7 Å². The summed E-state index contributed by atoms with van der Waals surface area (Å²) in [4.78, 5) is 38.1. The van der Waals surface area contributed by atoms with Crippen molar-refractivity contribution in [2.24, 2.45) is 16.7 Å². The molecular weight excluding hydrogens is 534 g/mol. The second-order valence-electron chi connectivity index (χ2n) is 13.9. The van der Waals surface area contributed by atoms with Gasteiger partial charge in [0.25, 0.3) is 10.1 Å². The molecule has 1 atom stereocenters. The number of hydrogen-bond acceptors (Lipinski definition) is 7. The van der Waals surface area contributed by atoms with Gasteiger partial charge < -0.3 is 14.8 Å². The van der Waals surface area contributed by atoms with Crippen LogP contribution in [0.3, 0.4) is 0 Å². The van der Waals surface area contributed by atoms with Crippen LogP contribution in [-0.2, 0) is 34.0 Å². The van der Waals surface area contributed by atoms with Crippen molar-refractivity contribution in [2.45, 2.75) is 132 Å². The predicted molar refractivity (Wildman–Crippen MR) is 159 cm³/mol. The van der Waals surface area contributed by atoms with Crippen LogP contribution in [0.15, 0.2) is 0 Å². The molecule has 0 spiro atoms. The van der Waals surface area contributed by atoms with E-state index >= 15 is 0 Å². The third-order valence-electron chi connectivity index (χ3n) is 7.55. The zero-order valence-electron chi connectivity index (χ0n) is 26.8. The summed E-state index contributed by atoms with van der Waals surface area (Å²) in [5, 5.41) is 2.52. The van der Waals surface area contributed by atoms with Crippen LogP contribution in [0.5, 0.6) is 0 Å². The van der Waals surface area contributed by atoms with E-state index in [0.717, 1.165) is 19.3 Å². The van der Waals surface area contributed by atoms with Crippen molar-refractivity contribution in [3.8, 4) is 0 Å². The van der Waals surface area contributed by atoms with E-state index in [1.165, 1.54) is 0 Å². The van der Waals surface area contributed by atoms with Crippen LogP contribution >= 0.6 is 0 Å². The van der Waals surface area contributed by atoms with Gasteiger partial charge in [0, 0.05) is 44.4 Å². The normalized spacial score (nSPS) is 14.2. The number of hydrogen-bond donors (Lipinski definition) is 2. The molecule has 0 aliphatic rings. The molecule has 0 saturated carbocycles. The van der Waals surface area contributed by atoms with Crippen molar-refractivity contribution < 1.29 is 36.8 Å². The Morgan fingerprint density at radius 1 is 0.775 bits per heavy atom. The minimum absolute atomic E-state index is 0.0993. The highest BCUT2D eigenvalue weighted by molar-refractivity contribution is 7.85. The lowest BCUT2D eigenvalue weighted by Crippen LogP contribution is -2.47. The lowest BCUT2D eigenvalue weighted by molar-refractivity contribution is -0.149. The maximum atomic E-state index is 13.1. The van der Waals surface area contributed by atoms with Crippen LogP contribution in [-0.4, -0.2) is 67.2 Å². The lowest BCUT2D eigenvalue weighted by Gasteiger charge is -2.40. The fraction of sp³-hybridized carbons (Fsp3) is 0.900. The lowest BCUT2D eigenvalue weighted by atomic mass is 9.72. The highest BCUT2D eigenvalue weighted by Crippen LogP contribution is 2.37. The molecule has 40 heavy (non-hydrogen) atoms. The minimum Gasteiger partial charge on any atom is -0.376 e. The standard InChI is InChI=1S/C30H57NO8S/c1-27(2,3)24(32)16-15-23(22-26(34)31-18-21-40(35,36)37)17-20-39-30(9,10)29(7,8)25(33)14-12-11-13-19-38-28(4,5)6/h23H,11-22H2,1-10H3,(H,31,34)(H,35,36,37). The quantitative estimate of drug-likeness (QED) is 0.139. The molecule has 0 aromatic heterocycles. The maximum Gasteiger partial charge on any atom is 0.266 e. The molecule has 1 unspecified atom stereocenters. The van der Waals surface area contributed by atoms with Crippen LogP contribution in [0.2, 0.25) is 0 Å². The Morgan fingerprint density at radius 3 is 1.90 bits per heavy atom. The SMILES string of the molecule is CC(C)(C)OCCCCCC(=O)C(C)(C)C(C)(C)OCCC(CCC(=O)C(C)(C)C)CC(=O)NCCS(=O)(=O)O. The topological polar surface area (TPSA) is 136 Å². The van der Waals surface area contributed by atoms with Gasteiger partial charge in [0.2, 0.25) is 5.91 Å². The Morgan fingerprint density at radius 2 is 1.38 bits per heavy atom. The number of amides is 1. The monoisotopic (exact) mass is 591 g/mol. The fourth-order valence-electron chi connectivity index (χ4n) is 3.96. The van der Waals surface area contributed by atoms with Gasteiger partial charge in [0.15, 0.2) is 0 Å². The van der Waals surface area contributed by atoms with E-state index in [2.05, 4.69) is 5.32 Å². The molecule has 0 heterocycles. The highest BCUT2D eigenvalue weighted by Gasteiger charge is 2.43. The number of Topliss-reactive ketones (excluding diaryl/α,β-unsaturated/α-hetero) is 2. The Bertz CT molecular complexity index is 911. The van der Waals surface area contributed by atoms with Gasteiger partial charge in [-0.1, -0.05) is 41.0 Å². The predicted octanol–water partition coefficient (Wildman–Crippen LogP) is 5.55. The van der Waals surface area contributed by atoms with Crippen LogP contribution < -0.4 is 5.32 Å². The Balaban J connectivity index is 4.99. The summed E-state index contributed by atoms with van der Waals surface area (Å²) in [6.07, 6.45) is 4.51. The van der Waals surface area contributed by atoms with Crippen LogP contribution in [0.4, 0.5) is 0 Å². The molecule has 0 saturated heterocycles. The Labute approximate surface area is 243 Å². The van der Waals surface area contributed by atoms with E-state index in [-0.39, 0.29) is 42.0 Å². The van der Waals surface area contributed by atoms with E-state index < -0.39 is 32.3 Å². The van der Waals surface area contributed by atoms with Crippen LogP contribution in [0.25, 0.3) is 0 Å². The highest BCUT2D eigenvalue weighted by atomic mass is 32.2. The smallest absolute Gasteiger partial charge is 0.266 e. The molecule has 0 fully saturated rings. The van der Waals surface area contributed by atoms with Crippen LogP contribution in [0.1, 0.15) is 121 Å². The van der Waals surface area contributed by atoms with Gasteiger partial charge in [0.05, 0.1) is 22.4 Å². The summed E-state index contributed by atoms with van der Waals surface area (Å²) in [6.45, 7) is 20.1. The van der Waals surface area contributed by atoms with Crippen molar-refractivity contribution in [3.63, 3.8) is 0 Å². The van der Waals surface area contributed by atoms with Gasteiger partial charge in [-0.15, -0.1) is 0 Å². The molecular formula is C30H57NO8S. The summed E-state index contributed by atoms with van der Waals surface area (Å²) in [7, 11) is -4.17. The number of unbranched alkanes of at least 4 members (excludes halogenated alkanes) is 2. The Kier molecular flexibility index (Phi) is 15.8. The van der Waals surface area contributed by atoms with E-state index in [0.29, 0.717) is 38.9 Å². The second kappa shape index (κ2) is 16.3. The van der Waals surface area contributed by atoms with Gasteiger partial charge in [0.1, 0.15) is 11.6 Å². The largest absolute Gasteiger partial charge is 0.376 e. The first kappa shape index (κ1) is 38.6. The fourth-order valence-corrected chi connectivity index (χ4v) is 4.32. The number of ketones is 2. The molecule has 10 heteroatoms. The van der Waals surface area contributed by atoms with Gasteiger partial charge in [-0.2, -0.15) is 8.42 Å². The zero-order valence-corrected chi connectivity index (χ0v) is 27.6. The zero-order chi connectivity index (χ0) is 31.4. The average Bonchev–Trinajstić information content (AvgIpc) is 2.76. The molecule has 0 rings (SSSR count). The third-order valence-corrected chi connectivity index (χ3v) is 8.27. The third kappa shape index (κ3) is 16.8. The summed E-state index contributed by atoms with van der Waals surface area (Å²) in [6, 6.07) is 0. The van der Waals surface area contributed by atoms with E-state index in [1.807, 2.05) is 69.2 Å². The van der Waals surface area contributed by atoms with Gasteiger partial charge in [-0.25, -0.2) is 0 Å². The first-order chi connectivity index (χ1) is 18.0. The van der Waals surface area contributed by atoms with Crippen molar-refractivity contribution in [1.29, 1.82) is 0 Å². The second-order valence-corrected chi connectivity index (χ2v) is 15.5. The molecule has 0 aliphatic carbocycles. The summed E-state index contributed by atoms with van der Waals surface area (Å²) in [5.41, 5.74) is -2.11. The molecule has 0 aliphatic heterocycles. The summed E-state index contributed by atoms with van der Waals surface area (Å²) >= 11 is 0. The summed E-state index contributed by atoms with van der Waals surface area (Å²) in [5.74, 6) is -0.833. The molecule has 2 N–H and O–H groups in total. The molecule has 0 bridgehead atoms. The minimum atomic E-state index is -4.17. The number of carbonyl (C=O) groups is 3. The molecule has 9 nitrogen and oxygen atoms in total. The molecule has 1 amide bonds. The van der Waals surface area contributed by atoms with E-state index in [1.54, 1.807) is 0 Å². The van der Waals surface area contributed by atoms with Crippen molar-refractivity contribution in [3.05, 3.63) is 0 Å². The van der Waals surface area contributed by atoms with Gasteiger partial charge in [-0.3, -0.25) is 18.9 Å². The first-order valence-electron chi connectivity index (χ1n) is 14.5.